The zero-order valence-electron chi connectivity index (χ0n) is 11.1. The van der Waals surface area contributed by atoms with Gasteiger partial charge in [0.25, 0.3) is 0 Å². The molecule has 0 unspecified atom stereocenters. The molecule has 2 rings (SSSR count). The third-order valence-electron chi connectivity index (χ3n) is 3.45. The highest BCUT2D eigenvalue weighted by atomic mass is 15.2. The number of rotatable bonds is 3. The Hall–Kier alpha value is -1.60. The van der Waals surface area contributed by atoms with Crippen LogP contribution in [0.1, 0.15) is 24.1 Å². The van der Waals surface area contributed by atoms with Gasteiger partial charge in [0.2, 0.25) is 0 Å². The van der Waals surface area contributed by atoms with E-state index >= 15 is 0 Å². The Morgan fingerprint density at radius 3 is 2.83 bits per heavy atom. The number of piperidine rings is 1. The average molecular weight is 244 g/mol. The molecule has 0 amide bonds. The normalized spacial score (nSPS) is 16.3. The fourth-order valence-corrected chi connectivity index (χ4v) is 2.46. The van der Waals surface area contributed by atoms with Gasteiger partial charge in [-0.25, -0.2) is 4.98 Å². The first-order valence-corrected chi connectivity index (χ1v) is 6.49. The van der Waals surface area contributed by atoms with E-state index in [1.807, 2.05) is 19.1 Å². The molecule has 0 atom stereocenters. The standard InChI is InChI=1S/C14H20N4/c1-11-7-13(9-15)8-14(17-11)18(2)10-12-3-5-16-6-4-12/h7-8,12,16H,3-6,10H2,1-2H3. The summed E-state index contributed by atoms with van der Waals surface area (Å²) < 4.78 is 0. The van der Waals surface area contributed by atoms with Gasteiger partial charge in [0, 0.05) is 19.3 Å². The molecule has 1 aliphatic rings. The van der Waals surface area contributed by atoms with Crippen molar-refractivity contribution in [3.63, 3.8) is 0 Å². The van der Waals surface area contributed by atoms with Crippen LogP contribution in [0.4, 0.5) is 5.82 Å². The van der Waals surface area contributed by atoms with E-state index in [9.17, 15) is 0 Å². The fraction of sp³-hybridized carbons (Fsp3) is 0.571. The van der Waals surface area contributed by atoms with Crippen molar-refractivity contribution < 1.29 is 0 Å². The molecule has 0 aliphatic carbocycles. The lowest BCUT2D eigenvalue weighted by Gasteiger charge is -2.28. The average Bonchev–Trinajstić information content (AvgIpc) is 2.39. The van der Waals surface area contributed by atoms with E-state index in [0.717, 1.165) is 37.1 Å². The van der Waals surface area contributed by atoms with Gasteiger partial charge in [-0.3, -0.25) is 0 Å². The van der Waals surface area contributed by atoms with Crippen molar-refractivity contribution in [2.45, 2.75) is 19.8 Å². The molecule has 1 saturated heterocycles. The quantitative estimate of drug-likeness (QED) is 0.879. The Balaban J connectivity index is 2.05. The minimum atomic E-state index is 0.690. The molecule has 18 heavy (non-hydrogen) atoms. The Morgan fingerprint density at radius 1 is 1.44 bits per heavy atom. The van der Waals surface area contributed by atoms with Crippen molar-refractivity contribution in [2.24, 2.45) is 5.92 Å². The molecule has 1 aromatic heterocycles. The van der Waals surface area contributed by atoms with Crippen LogP contribution in [0.15, 0.2) is 12.1 Å². The number of aryl methyl sites for hydroxylation is 1. The highest BCUT2D eigenvalue weighted by molar-refractivity contribution is 5.46. The van der Waals surface area contributed by atoms with Gasteiger partial charge >= 0.3 is 0 Å². The second kappa shape index (κ2) is 5.83. The molecule has 2 heterocycles. The summed E-state index contributed by atoms with van der Waals surface area (Å²) in [6.07, 6.45) is 2.45. The number of hydrogen-bond donors (Lipinski definition) is 1. The van der Waals surface area contributed by atoms with Gasteiger partial charge in [-0.2, -0.15) is 5.26 Å². The zero-order valence-corrected chi connectivity index (χ0v) is 11.1. The number of hydrogen-bond acceptors (Lipinski definition) is 4. The van der Waals surface area contributed by atoms with Crippen LogP contribution in [0, 0.1) is 24.2 Å². The molecule has 0 radical (unpaired) electrons. The van der Waals surface area contributed by atoms with Gasteiger partial charge in [0.05, 0.1) is 11.6 Å². The van der Waals surface area contributed by atoms with Crippen LogP contribution in [-0.4, -0.2) is 31.7 Å². The van der Waals surface area contributed by atoms with Crippen LogP contribution in [0.25, 0.3) is 0 Å². The molecule has 1 aliphatic heterocycles. The van der Waals surface area contributed by atoms with E-state index in [0.29, 0.717) is 5.56 Å². The molecular formula is C14H20N4. The van der Waals surface area contributed by atoms with Gasteiger partial charge in [-0.05, 0) is 50.9 Å². The molecule has 0 aromatic carbocycles. The lowest BCUT2D eigenvalue weighted by Crippen LogP contribution is -2.34. The largest absolute Gasteiger partial charge is 0.359 e. The summed E-state index contributed by atoms with van der Waals surface area (Å²) in [5.74, 6) is 1.63. The Morgan fingerprint density at radius 2 is 2.17 bits per heavy atom. The Bertz CT molecular complexity index is 444. The number of nitrogens with one attached hydrogen (secondary N) is 1. The number of pyridine rings is 1. The predicted molar refractivity (Wildman–Crippen MR) is 72.6 cm³/mol. The lowest BCUT2D eigenvalue weighted by molar-refractivity contribution is 0.377. The summed E-state index contributed by atoms with van der Waals surface area (Å²) in [5.41, 5.74) is 1.59. The summed E-state index contributed by atoms with van der Waals surface area (Å²) in [5, 5.41) is 12.4. The molecule has 0 bridgehead atoms. The monoisotopic (exact) mass is 244 g/mol. The van der Waals surface area contributed by atoms with Crippen LogP contribution >= 0.6 is 0 Å². The maximum atomic E-state index is 8.99. The second-order valence-electron chi connectivity index (χ2n) is 5.04. The summed E-state index contributed by atoms with van der Waals surface area (Å²) in [4.78, 5) is 6.68. The van der Waals surface area contributed by atoms with Gasteiger partial charge < -0.3 is 10.2 Å². The maximum Gasteiger partial charge on any atom is 0.129 e. The minimum Gasteiger partial charge on any atom is -0.359 e. The number of nitrogens with zero attached hydrogens (tertiary/aromatic N) is 3. The van der Waals surface area contributed by atoms with Crippen LogP contribution in [0.2, 0.25) is 0 Å². The number of nitriles is 1. The van der Waals surface area contributed by atoms with Gasteiger partial charge in [0.15, 0.2) is 0 Å². The van der Waals surface area contributed by atoms with Crippen molar-refractivity contribution in [1.29, 1.82) is 5.26 Å². The van der Waals surface area contributed by atoms with Crippen LogP contribution in [0.5, 0.6) is 0 Å². The van der Waals surface area contributed by atoms with Gasteiger partial charge in [0.1, 0.15) is 5.82 Å². The van der Waals surface area contributed by atoms with Crippen LogP contribution in [-0.2, 0) is 0 Å². The van der Waals surface area contributed by atoms with E-state index in [4.69, 9.17) is 5.26 Å². The summed E-state index contributed by atoms with van der Waals surface area (Å²) in [6.45, 7) is 5.18. The van der Waals surface area contributed by atoms with Crippen LogP contribution < -0.4 is 10.2 Å². The van der Waals surface area contributed by atoms with E-state index in [1.165, 1.54) is 12.8 Å². The predicted octanol–water partition coefficient (Wildman–Crippen LogP) is 1.70. The molecular weight excluding hydrogens is 224 g/mol. The zero-order chi connectivity index (χ0) is 13.0. The van der Waals surface area contributed by atoms with Gasteiger partial charge in [-0.1, -0.05) is 0 Å². The van der Waals surface area contributed by atoms with E-state index in [1.54, 1.807) is 0 Å². The number of aromatic nitrogens is 1. The first-order valence-electron chi connectivity index (χ1n) is 6.49. The first-order chi connectivity index (χ1) is 8.69. The van der Waals surface area contributed by atoms with Crippen molar-refractivity contribution >= 4 is 5.82 Å². The molecule has 4 nitrogen and oxygen atoms in total. The minimum absolute atomic E-state index is 0.690. The molecule has 1 N–H and O–H groups in total. The summed E-state index contributed by atoms with van der Waals surface area (Å²) in [6, 6.07) is 5.88. The Labute approximate surface area is 109 Å². The highest BCUT2D eigenvalue weighted by Gasteiger charge is 2.16. The molecule has 96 valence electrons. The van der Waals surface area contributed by atoms with Crippen molar-refractivity contribution in [2.75, 3.05) is 31.6 Å². The molecule has 0 saturated carbocycles. The first kappa shape index (κ1) is 12.8. The molecule has 0 spiro atoms. The fourth-order valence-electron chi connectivity index (χ4n) is 2.46. The third kappa shape index (κ3) is 3.21. The SMILES string of the molecule is Cc1cc(C#N)cc(N(C)CC2CCNCC2)n1. The van der Waals surface area contributed by atoms with E-state index in [2.05, 4.69) is 28.3 Å². The van der Waals surface area contributed by atoms with Crippen LogP contribution in [0.3, 0.4) is 0 Å². The van der Waals surface area contributed by atoms with Gasteiger partial charge in [-0.15, -0.1) is 0 Å². The summed E-state index contributed by atoms with van der Waals surface area (Å²) >= 11 is 0. The Kier molecular flexibility index (Phi) is 4.16. The van der Waals surface area contributed by atoms with Crippen molar-refractivity contribution in [3.05, 3.63) is 23.4 Å². The highest BCUT2D eigenvalue weighted by Crippen LogP contribution is 2.18. The smallest absolute Gasteiger partial charge is 0.129 e. The van der Waals surface area contributed by atoms with E-state index in [-0.39, 0.29) is 0 Å². The molecule has 4 heteroatoms. The van der Waals surface area contributed by atoms with E-state index < -0.39 is 0 Å². The topological polar surface area (TPSA) is 52.0 Å². The summed E-state index contributed by atoms with van der Waals surface area (Å²) in [7, 11) is 2.06. The van der Waals surface area contributed by atoms with Crippen molar-refractivity contribution in [3.8, 4) is 6.07 Å². The molecule has 1 aromatic rings. The second-order valence-corrected chi connectivity index (χ2v) is 5.04. The third-order valence-corrected chi connectivity index (χ3v) is 3.45. The van der Waals surface area contributed by atoms with Crippen molar-refractivity contribution in [1.82, 2.24) is 10.3 Å². The molecule has 1 fully saturated rings. The lowest BCUT2D eigenvalue weighted by atomic mass is 9.98. The number of anilines is 1. The maximum absolute atomic E-state index is 8.99.